The van der Waals surface area contributed by atoms with Crippen molar-refractivity contribution >= 4 is 44.6 Å². The van der Waals surface area contributed by atoms with Crippen molar-refractivity contribution in [1.82, 2.24) is 0 Å². The minimum atomic E-state index is -3.80. The molecule has 102 valence electrons. The molecule has 0 spiro atoms. The minimum Gasteiger partial charge on any atom is -0.324 e. The number of amides is 1. The van der Waals surface area contributed by atoms with Gasteiger partial charge in [-0.15, -0.1) is 0 Å². The molecule has 1 amide bonds. The Morgan fingerprint density at radius 3 is 2.68 bits per heavy atom. The number of carbonyl (C=O) groups excluding carboxylic acids is 1. The second-order valence-electron chi connectivity index (χ2n) is 3.72. The molecule has 1 aromatic rings. The van der Waals surface area contributed by atoms with E-state index in [-0.39, 0.29) is 10.7 Å². The first-order valence-electron chi connectivity index (χ1n) is 5.12. The highest BCUT2D eigenvalue weighted by Gasteiger charge is 2.28. The molecule has 0 aromatic heterocycles. The van der Waals surface area contributed by atoms with Gasteiger partial charge in [0.25, 0.3) is 0 Å². The van der Waals surface area contributed by atoms with Gasteiger partial charge in [0.2, 0.25) is 5.91 Å². The average molecular weight is 321 g/mol. The van der Waals surface area contributed by atoms with Crippen LogP contribution in [-0.2, 0) is 14.6 Å². The Kier molecular flexibility index (Phi) is 5.18. The van der Waals surface area contributed by atoms with Gasteiger partial charge in [-0.2, -0.15) is 5.26 Å². The molecule has 1 N–H and O–H groups in total. The van der Waals surface area contributed by atoms with Crippen molar-refractivity contribution in [2.75, 3.05) is 11.1 Å². The maximum Gasteiger partial charge on any atom is 0.242 e. The van der Waals surface area contributed by atoms with Crippen LogP contribution in [0.3, 0.4) is 0 Å². The van der Waals surface area contributed by atoms with Gasteiger partial charge in [-0.1, -0.05) is 23.2 Å². The van der Waals surface area contributed by atoms with Crippen LogP contribution in [0, 0.1) is 11.3 Å². The number of nitriles is 1. The molecule has 8 heteroatoms. The van der Waals surface area contributed by atoms with E-state index in [1.807, 2.05) is 0 Å². The van der Waals surface area contributed by atoms with Crippen LogP contribution in [0.4, 0.5) is 5.69 Å². The molecular formula is C11H10Cl2N2O3S. The predicted molar refractivity (Wildman–Crippen MR) is 74.0 cm³/mol. The largest absolute Gasteiger partial charge is 0.324 e. The smallest absolute Gasteiger partial charge is 0.242 e. The van der Waals surface area contributed by atoms with Gasteiger partial charge in [-0.3, -0.25) is 4.79 Å². The van der Waals surface area contributed by atoms with Crippen molar-refractivity contribution < 1.29 is 13.2 Å². The van der Waals surface area contributed by atoms with Crippen molar-refractivity contribution in [3.63, 3.8) is 0 Å². The summed E-state index contributed by atoms with van der Waals surface area (Å²) in [5, 5.41) is 10.0. The maximum atomic E-state index is 11.8. The molecule has 0 aliphatic rings. The average Bonchev–Trinajstić information content (AvgIpc) is 2.32. The summed E-state index contributed by atoms with van der Waals surface area (Å²) < 4.78 is 23.1. The topological polar surface area (TPSA) is 87.0 Å². The second-order valence-corrected chi connectivity index (χ2v) is 6.89. The van der Waals surface area contributed by atoms with Crippen molar-refractivity contribution in [1.29, 1.82) is 5.26 Å². The molecule has 0 radical (unpaired) electrons. The van der Waals surface area contributed by atoms with E-state index in [1.165, 1.54) is 31.2 Å². The van der Waals surface area contributed by atoms with E-state index in [0.717, 1.165) is 0 Å². The molecule has 1 rings (SSSR count). The molecule has 1 unspecified atom stereocenters. The van der Waals surface area contributed by atoms with Gasteiger partial charge in [-0.05, 0) is 25.1 Å². The summed E-state index contributed by atoms with van der Waals surface area (Å²) in [6, 6.07) is 5.94. The number of hydrogen-bond acceptors (Lipinski definition) is 4. The number of rotatable bonds is 4. The quantitative estimate of drug-likeness (QED) is 0.921. The minimum absolute atomic E-state index is 0.221. The third kappa shape index (κ3) is 4.10. The predicted octanol–water partition coefficient (Wildman–Crippen LogP) is 2.26. The van der Waals surface area contributed by atoms with Crippen LogP contribution in [0.5, 0.6) is 0 Å². The molecule has 0 aliphatic carbocycles. The van der Waals surface area contributed by atoms with Crippen LogP contribution in [-0.4, -0.2) is 25.3 Å². The molecule has 1 aromatic carbocycles. The number of benzene rings is 1. The van der Waals surface area contributed by atoms with Crippen LogP contribution in [0.1, 0.15) is 6.92 Å². The number of nitrogens with one attached hydrogen (secondary N) is 1. The van der Waals surface area contributed by atoms with Crippen LogP contribution < -0.4 is 5.32 Å². The Balaban J connectivity index is 2.92. The SMILES string of the molecule is CC(C(=O)Nc1cc(Cl)ccc1Cl)S(=O)(=O)CC#N. The Labute approximate surface area is 121 Å². The molecule has 0 aliphatic heterocycles. The third-order valence-corrected chi connectivity index (χ3v) is 4.75. The number of anilines is 1. The summed E-state index contributed by atoms with van der Waals surface area (Å²) in [6.07, 6.45) is 0. The number of hydrogen-bond donors (Lipinski definition) is 1. The van der Waals surface area contributed by atoms with Gasteiger partial charge >= 0.3 is 0 Å². The molecule has 0 bridgehead atoms. The zero-order valence-electron chi connectivity index (χ0n) is 9.85. The molecule has 0 fully saturated rings. The summed E-state index contributed by atoms with van der Waals surface area (Å²) in [4.78, 5) is 11.8. The highest BCUT2D eigenvalue weighted by molar-refractivity contribution is 7.92. The van der Waals surface area contributed by atoms with Crippen LogP contribution in [0.25, 0.3) is 0 Å². The van der Waals surface area contributed by atoms with Crippen LogP contribution in [0.2, 0.25) is 10.0 Å². The summed E-state index contributed by atoms with van der Waals surface area (Å²) in [7, 11) is -3.80. The standard InChI is InChI=1S/C11H10Cl2N2O3S/c1-7(19(17,18)5-4-14)11(16)15-10-6-8(12)2-3-9(10)13/h2-3,6-7H,5H2,1H3,(H,15,16). The normalized spacial score (nSPS) is 12.5. The Hall–Kier alpha value is -1.29. The number of nitrogens with zero attached hydrogens (tertiary/aromatic N) is 1. The lowest BCUT2D eigenvalue weighted by Crippen LogP contribution is -2.33. The zero-order valence-corrected chi connectivity index (χ0v) is 12.2. The van der Waals surface area contributed by atoms with Gasteiger partial charge in [0.15, 0.2) is 9.84 Å². The fourth-order valence-corrected chi connectivity index (χ4v) is 2.36. The Morgan fingerprint density at radius 1 is 1.47 bits per heavy atom. The lowest BCUT2D eigenvalue weighted by atomic mass is 10.3. The van der Waals surface area contributed by atoms with E-state index < -0.39 is 26.7 Å². The summed E-state index contributed by atoms with van der Waals surface area (Å²) in [6.45, 7) is 1.21. The summed E-state index contributed by atoms with van der Waals surface area (Å²) in [5.41, 5.74) is 0.221. The molecule has 19 heavy (non-hydrogen) atoms. The first kappa shape index (κ1) is 15.8. The molecular weight excluding hydrogens is 311 g/mol. The van der Waals surface area contributed by atoms with Crippen molar-refractivity contribution in [2.45, 2.75) is 12.2 Å². The van der Waals surface area contributed by atoms with Crippen molar-refractivity contribution in [3.05, 3.63) is 28.2 Å². The van der Waals surface area contributed by atoms with E-state index >= 15 is 0 Å². The molecule has 5 nitrogen and oxygen atoms in total. The fraction of sp³-hybridized carbons (Fsp3) is 0.273. The highest BCUT2D eigenvalue weighted by atomic mass is 35.5. The van der Waals surface area contributed by atoms with E-state index in [9.17, 15) is 13.2 Å². The van der Waals surface area contributed by atoms with Crippen LogP contribution >= 0.6 is 23.2 Å². The summed E-state index contributed by atoms with van der Waals surface area (Å²) in [5.74, 6) is -1.48. The molecule has 0 saturated carbocycles. The molecule has 1 atom stereocenters. The van der Waals surface area contributed by atoms with Crippen molar-refractivity contribution in [3.8, 4) is 6.07 Å². The van der Waals surface area contributed by atoms with Gasteiger partial charge in [0.05, 0.1) is 16.8 Å². The monoisotopic (exact) mass is 320 g/mol. The second kappa shape index (κ2) is 6.24. The lowest BCUT2D eigenvalue weighted by molar-refractivity contribution is -0.115. The third-order valence-electron chi connectivity index (χ3n) is 2.36. The van der Waals surface area contributed by atoms with E-state index in [2.05, 4.69) is 5.32 Å². The Morgan fingerprint density at radius 2 is 2.11 bits per heavy atom. The summed E-state index contributed by atoms with van der Waals surface area (Å²) >= 11 is 11.6. The molecule has 0 saturated heterocycles. The number of carbonyl (C=O) groups is 1. The maximum absolute atomic E-state index is 11.8. The fourth-order valence-electron chi connectivity index (χ4n) is 1.21. The number of halogens is 2. The van der Waals surface area contributed by atoms with Gasteiger partial charge in [-0.25, -0.2) is 8.42 Å². The van der Waals surface area contributed by atoms with Gasteiger partial charge in [0, 0.05) is 5.02 Å². The van der Waals surface area contributed by atoms with Gasteiger partial charge < -0.3 is 5.32 Å². The number of sulfone groups is 1. The first-order chi connectivity index (χ1) is 8.77. The zero-order chi connectivity index (χ0) is 14.6. The lowest BCUT2D eigenvalue weighted by Gasteiger charge is -2.12. The van der Waals surface area contributed by atoms with Crippen molar-refractivity contribution in [2.24, 2.45) is 0 Å². The van der Waals surface area contributed by atoms with E-state index in [0.29, 0.717) is 5.02 Å². The van der Waals surface area contributed by atoms with Crippen LogP contribution in [0.15, 0.2) is 18.2 Å². The van der Waals surface area contributed by atoms with E-state index in [4.69, 9.17) is 28.5 Å². The molecule has 0 heterocycles. The van der Waals surface area contributed by atoms with E-state index in [1.54, 1.807) is 0 Å². The highest BCUT2D eigenvalue weighted by Crippen LogP contribution is 2.25. The van der Waals surface area contributed by atoms with Gasteiger partial charge in [0.1, 0.15) is 11.0 Å². The Bertz CT molecular complexity index is 638. The first-order valence-corrected chi connectivity index (χ1v) is 7.59.